The van der Waals surface area contributed by atoms with Crippen LogP contribution in [0.1, 0.15) is 15.9 Å². The Morgan fingerprint density at radius 3 is 2.65 bits per heavy atom. The number of amides is 1. The second-order valence-corrected chi connectivity index (χ2v) is 6.60. The number of carbonyl (C=O) groups excluding carboxylic acids is 1. The number of non-ortho nitro benzene ring substituents is 1. The Bertz CT molecular complexity index is 860. The molecule has 1 fully saturated rings. The number of rotatable bonds is 3. The highest BCUT2D eigenvalue weighted by molar-refractivity contribution is 5.95. The van der Waals surface area contributed by atoms with Crippen molar-refractivity contribution in [2.45, 2.75) is 6.42 Å². The van der Waals surface area contributed by atoms with Crippen molar-refractivity contribution in [2.24, 2.45) is 0 Å². The summed E-state index contributed by atoms with van der Waals surface area (Å²) in [5.74, 6) is 0.0541. The van der Waals surface area contributed by atoms with Gasteiger partial charge in [0.05, 0.1) is 4.92 Å². The van der Waals surface area contributed by atoms with Gasteiger partial charge in [0, 0.05) is 61.8 Å². The summed E-state index contributed by atoms with van der Waals surface area (Å²) >= 11 is 0. The van der Waals surface area contributed by atoms with Crippen LogP contribution in [0.2, 0.25) is 0 Å². The highest BCUT2D eigenvalue weighted by atomic mass is 16.6. The van der Waals surface area contributed by atoms with Crippen LogP contribution in [0.3, 0.4) is 0 Å². The van der Waals surface area contributed by atoms with Gasteiger partial charge in [-0.25, -0.2) is 0 Å². The highest BCUT2D eigenvalue weighted by Gasteiger charge is 2.24. The standard InChI is InChI=1S/C19H20N4O3/c24-19(15-4-5-18-14(12-15)6-7-20-18)22-10-8-21(9-11-22)16-2-1-3-17(13-16)23(25)26/h1-5,12-13,20H,6-11H2. The number of nitrogens with zero attached hydrogens (tertiary/aromatic N) is 3. The number of nitro groups is 1. The first-order valence-corrected chi connectivity index (χ1v) is 8.77. The molecular weight excluding hydrogens is 332 g/mol. The smallest absolute Gasteiger partial charge is 0.271 e. The number of benzene rings is 2. The minimum Gasteiger partial charge on any atom is -0.384 e. The third-order valence-electron chi connectivity index (χ3n) is 5.03. The summed E-state index contributed by atoms with van der Waals surface area (Å²) in [6, 6.07) is 12.5. The molecule has 1 amide bonds. The third-order valence-corrected chi connectivity index (χ3v) is 5.03. The second-order valence-electron chi connectivity index (χ2n) is 6.60. The number of fused-ring (bicyclic) bond motifs is 1. The summed E-state index contributed by atoms with van der Waals surface area (Å²) in [5, 5.41) is 14.2. The lowest BCUT2D eigenvalue weighted by atomic mass is 10.1. The van der Waals surface area contributed by atoms with E-state index in [1.54, 1.807) is 12.1 Å². The van der Waals surface area contributed by atoms with Gasteiger partial charge in [-0.15, -0.1) is 0 Å². The molecular formula is C19H20N4O3. The van der Waals surface area contributed by atoms with Gasteiger partial charge in [-0.2, -0.15) is 0 Å². The lowest BCUT2D eigenvalue weighted by Gasteiger charge is -2.36. The minimum atomic E-state index is -0.383. The predicted octanol–water partition coefficient (Wildman–Crippen LogP) is 2.53. The molecule has 0 aromatic heterocycles. The monoisotopic (exact) mass is 352 g/mol. The first-order valence-electron chi connectivity index (χ1n) is 8.77. The van der Waals surface area contributed by atoms with E-state index >= 15 is 0 Å². The van der Waals surface area contributed by atoms with E-state index in [0.717, 1.165) is 29.9 Å². The van der Waals surface area contributed by atoms with Gasteiger partial charge in [-0.3, -0.25) is 14.9 Å². The van der Waals surface area contributed by atoms with Gasteiger partial charge < -0.3 is 15.1 Å². The fourth-order valence-electron chi connectivity index (χ4n) is 3.59. The maximum absolute atomic E-state index is 12.8. The van der Waals surface area contributed by atoms with Crippen LogP contribution in [0.15, 0.2) is 42.5 Å². The fraction of sp³-hybridized carbons (Fsp3) is 0.316. The molecule has 2 aliphatic rings. The van der Waals surface area contributed by atoms with E-state index in [-0.39, 0.29) is 16.5 Å². The van der Waals surface area contributed by atoms with Gasteiger partial charge in [0.25, 0.3) is 11.6 Å². The highest BCUT2D eigenvalue weighted by Crippen LogP contribution is 2.25. The van der Waals surface area contributed by atoms with Gasteiger partial charge in [0.1, 0.15) is 0 Å². The number of nitro benzene ring substituents is 1. The molecule has 1 saturated heterocycles. The van der Waals surface area contributed by atoms with Crippen LogP contribution in [0.25, 0.3) is 0 Å². The zero-order chi connectivity index (χ0) is 18.1. The molecule has 1 N–H and O–H groups in total. The van der Waals surface area contributed by atoms with E-state index in [4.69, 9.17) is 0 Å². The summed E-state index contributed by atoms with van der Waals surface area (Å²) in [4.78, 5) is 27.3. The SMILES string of the molecule is O=C(c1ccc2c(c1)CCN2)N1CCN(c2cccc([N+](=O)[O-])c2)CC1. The topological polar surface area (TPSA) is 78.7 Å². The molecule has 0 unspecified atom stereocenters. The van der Waals surface area contributed by atoms with Gasteiger partial charge in [0.15, 0.2) is 0 Å². The summed E-state index contributed by atoms with van der Waals surface area (Å²) in [6.45, 7) is 3.47. The van der Waals surface area contributed by atoms with Crippen molar-refractivity contribution in [1.82, 2.24) is 4.90 Å². The Labute approximate surface area is 151 Å². The minimum absolute atomic E-state index is 0.0541. The van der Waals surface area contributed by atoms with Gasteiger partial charge >= 0.3 is 0 Å². The zero-order valence-corrected chi connectivity index (χ0v) is 14.4. The number of hydrogen-bond acceptors (Lipinski definition) is 5. The molecule has 0 saturated carbocycles. The van der Waals surface area contributed by atoms with E-state index in [1.165, 1.54) is 11.6 Å². The van der Waals surface area contributed by atoms with Crippen molar-refractivity contribution in [3.8, 4) is 0 Å². The molecule has 0 atom stereocenters. The number of anilines is 2. The van der Waals surface area contributed by atoms with Crippen molar-refractivity contribution in [1.29, 1.82) is 0 Å². The number of piperazine rings is 1. The van der Waals surface area contributed by atoms with Crippen LogP contribution in [-0.4, -0.2) is 48.5 Å². The van der Waals surface area contributed by atoms with Crippen LogP contribution in [-0.2, 0) is 6.42 Å². The normalized spacial score (nSPS) is 16.2. The third kappa shape index (κ3) is 3.08. The molecule has 2 aromatic rings. The van der Waals surface area contributed by atoms with Crippen molar-refractivity contribution >= 4 is 23.0 Å². The lowest BCUT2D eigenvalue weighted by Crippen LogP contribution is -2.48. The van der Waals surface area contributed by atoms with Crippen LogP contribution in [0.5, 0.6) is 0 Å². The Morgan fingerprint density at radius 1 is 1.08 bits per heavy atom. The van der Waals surface area contributed by atoms with Crippen molar-refractivity contribution < 1.29 is 9.72 Å². The van der Waals surface area contributed by atoms with Gasteiger partial charge in [-0.1, -0.05) is 6.07 Å². The first kappa shape index (κ1) is 16.4. The van der Waals surface area contributed by atoms with Crippen LogP contribution < -0.4 is 10.2 Å². The van der Waals surface area contributed by atoms with E-state index in [1.807, 2.05) is 29.2 Å². The molecule has 4 rings (SSSR count). The summed E-state index contributed by atoms with van der Waals surface area (Å²) in [5.41, 5.74) is 3.97. The molecule has 2 heterocycles. The molecule has 0 bridgehead atoms. The molecule has 7 heteroatoms. The molecule has 26 heavy (non-hydrogen) atoms. The fourth-order valence-corrected chi connectivity index (χ4v) is 3.59. The van der Waals surface area contributed by atoms with Crippen molar-refractivity contribution in [3.05, 3.63) is 63.7 Å². The molecule has 2 aromatic carbocycles. The molecule has 134 valence electrons. The van der Waals surface area contributed by atoms with E-state index in [2.05, 4.69) is 10.2 Å². The predicted molar refractivity (Wildman–Crippen MR) is 99.8 cm³/mol. The van der Waals surface area contributed by atoms with Crippen LogP contribution in [0.4, 0.5) is 17.1 Å². The Kier molecular flexibility index (Phi) is 4.20. The molecule has 0 radical (unpaired) electrons. The van der Waals surface area contributed by atoms with Crippen molar-refractivity contribution in [3.63, 3.8) is 0 Å². The van der Waals surface area contributed by atoms with E-state index in [0.29, 0.717) is 26.2 Å². The quantitative estimate of drug-likeness (QED) is 0.678. The number of carbonyl (C=O) groups is 1. The Morgan fingerprint density at radius 2 is 1.88 bits per heavy atom. The van der Waals surface area contributed by atoms with Crippen molar-refractivity contribution in [2.75, 3.05) is 42.9 Å². The largest absolute Gasteiger partial charge is 0.384 e. The second kappa shape index (κ2) is 6.67. The van der Waals surface area contributed by atoms with E-state index in [9.17, 15) is 14.9 Å². The molecule has 2 aliphatic heterocycles. The van der Waals surface area contributed by atoms with Crippen LogP contribution >= 0.6 is 0 Å². The van der Waals surface area contributed by atoms with E-state index < -0.39 is 0 Å². The molecule has 0 aliphatic carbocycles. The Hall–Kier alpha value is -3.09. The molecule has 0 spiro atoms. The average molecular weight is 352 g/mol. The number of nitrogens with one attached hydrogen (secondary N) is 1. The summed E-state index contributed by atoms with van der Waals surface area (Å²) in [7, 11) is 0. The summed E-state index contributed by atoms with van der Waals surface area (Å²) in [6.07, 6.45) is 0.955. The van der Waals surface area contributed by atoms with Crippen LogP contribution in [0, 0.1) is 10.1 Å². The maximum Gasteiger partial charge on any atom is 0.271 e. The molecule has 7 nitrogen and oxygen atoms in total. The van der Waals surface area contributed by atoms with Gasteiger partial charge in [-0.05, 0) is 36.2 Å². The van der Waals surface area contributed by atoms with Gasteiger partial charge in [0.2, 0.25) is 0 Å². The number of hydrogen-bond donors (Lipinski definition) is 1. The average Bonchev–Trinajstić information content (AvgIpc) is 3.15. The Balaban J connectivity index is 1.42. The summed E-state index contributed by atoms with van der Waals surface area (Å²) < 4.78 is 0. The maximum atomic E-state index is 12.8. The zero-order valence-electron chi connectivity index (χ0n) is 14.4. The first-order chi connectivity index (χ1) is 12.6. The lowest BCUT2D eigenvalue weighted by molar-refractivity contribution is -0.384.